The Balaban J connectivity index is 1.31. The number of benzene rings is 1. The van der Waals surface area contributed by atoms with Crippen molar-refractivity contribution in [2.24, 2.45) is 29.4 Å². The number of aryl methyl sites for hydroxylation is 1. The van der Waals surface area contributed by atoms with Crippen LogP contribution in [0.5, 0.6) is 0 Å². The van der Waals surface area contributed by atoms with E-state index in [0.717, 1.165) is 42.9 Å². The fourth-order valence-electron chi connectivity index (χ4n) is 7.14. The summed E-state index contributed by atoms with van der Waals surface area (Å²) >= 11 is 2.32. The maximum Gasteiger partial charge on any atom is 0.0431 e. The molecule has 2 nitrogen and oxygen atoms in total. The van der Waals surface area contributed by atoms with Crippen LogP contribution in [0.15, 0.2) is 18.2 Å². The largest absolute Gasteiger partial charge is 0.396 e. The van der Waals surface area contributed by atoms with Crippen molar-refractivity contribution in [2.75, 3.05) is 18.9 Å². The summed E-state index contributed by atoms with van der Waals surface area (Å²) in [6.07, 6.45) is 14.3. The van der Waals surface area contributed by atoms with Crippen molar-refractivity contribution in [3.8, 4) is 0 Å². The average Bonchev–Trinajstić information content (AvgIpc) is 2.74. The van der Waals surface area contributed by atoms with Crippen molar-refractivity contribution < 1.29 is 5.11 Å². The lowest BCUT2D eigenvalue weighted by Crippen LogP contribution is -2.39. The Morgan fingerprint density at radius 1 is 1.13 bits per heavy atom. The van der Waals surface area contributed by atoms with Crippen LogP contribution in [-0.2, 0) is 12.8 Å². The zero-order valence-corrected chi connectivity index (χ0v) is 20.8. The van der Waals surface area contributed by atoms with Crippen molar-refractivity contribution in [1.82, 2.24) is 0 Å². The van der Waals surface area contributed by atoms with Gasteiger partial charge in [0, 0.05) is 11.4 Å². The predicted molar refractivity (Wildman–Crippen MR) is 135 cm³/mol. The van der Waals surface area contributed by atoms with E-state index in [-0.39, 0.29) is 0 Å². The molecule has 2 bridgehead atoms. The van der Waals surface area contributed by atoms with Crippen LogP contribution in [0.2, 0.25) is 0 Å². The second kappa shape index (κ2) is 10.6. The predicted octanol–water partition coefficient (Wildman–Crippen LogP) is 6.33. The minimum Gasteiger partial charge on any atom is -0.396 e. The summed E-state index contributed by atoms with van der Waals surface area (Å²) in [6, 6.07) is 7.21. The summed E-state index contributed by atoms with van der Waals surface area (Å²) in [5.41, 5.74) is 10.7. The molecule has 0 amide bonds. The SMILES string of the molecule is CC1CC2CC(C1)CC(C)(SC[C@@H]1CCc3cc([C@H](CN)CCCCO)ccc3C1)C2. The first kappa shape index (κ1) is 23.6. The molecule has 0 radical (unpaired) electrons. The van der Waals surface area contributed by atoms with Crippen LogP contribution in [0.3, 0.4) is 0 Å². The first-order valence-corrected chi connectivity index (χ1v) is 14.0. The van der Waals surface area contributed by atoms with Crippen LogP contribution in [0.25, 0.3) is 0 Å². The molecule has 2 saturated carbocycles. The molecule has 1 aromatic carbocycles. The van der Waals surface area contributed by atoms with Crippen molar-refractivity contribution in [1.29, 1.82) is 0 Å². The van der Waals surface area contributed by atoms with E-state index in [1.54, 1.807) is 11.1 Å². The number of rotatable bonds is 9. The van der Waals surface area contributed by atoms with Crippen LogP contribution in [-0.4, -0.2) is 28.8 Å². The molecule has 2 fully saturated rings. The van der Waals surface area contributed by atoms with Crippen LogP contribution < -0.4 is 5.73 Å². The number of hydrogen-bond acceptors (Lipinski definition) is 3. The van der Waals surface area contributed by atoms with Gasteiger partial charge in [-0.2, -0.15) is 11.8 Å². The topological polar surface area (TPSA) is 46.2 Å². The first-order valence-electron chi connectivity index (χ1n) is 13.0. The maximum atomic E-state index is 9.07. The lowest BCUT2D eigenvalue weighted by Gasteiger charge is -2.47. The molecular weight excluding hydrogens is 398 g/mol. The van der Waals surface area contributed by atoms with E-state index in [1.807, 2.05) is 0 Å². The molecular formula is C28H45NOS. The molecule has 3 aliphatic carbocycles. The fourth-order valence-corrected chi connectivity index (χ4v) is 8.77. The van der Waals surface area contributed by atoms with Crippen LogP contribution in [0.1, 0.15) is 94.2 Å². The van der Waals surface area contributed by atoms with Gasteiger partial charge in [0.2, 0.25) is 0 Å². The average molecular weight is 444 g/mol. The Bertz CT molecular complexity index is 701. The van der Waals surface area contributed by atoms with E-state index in [4.69, 9.17) is 10.8 Å². The third-order valence-electron chi connectivity index (χ3n) is 8.52. The molecule has 0 spiro atoms. The quantitative estimate of drug-likeness (QED) is 0.438. The molecule has 4 rings (SSSR count). The molecule has 174 valence electrons. The molecule has 2 unspecified atom stereocenters. The minimum absolute atomic E-state index is 0.292. The van der Waals surface area contributed by atoms with Gasteiger partial charge in [-0.05, 0) is 123 Å². The Labute approximate surface area is 195 Å². The molecule has 3 heteroatoms. The number of thioether (sulfide) groups is 1. The highest BCUT2D eigenvalue weighted by molar-refractivity contribution is 8.00. The summed E-state index contributed by atoms with van der Waals surface area (Å²) in [5, 5.41) is 9.07. The lowest BCUT2D eigenvalue weighted by molar-refractivity contribution is 0.124. The Morgan fingerprint density at radius 3 is 2.61 bits per heavy atom. The van der Waals surface area contributed by atoms with Crippen molar-refractivity contribution >= 4 is 11.8 Å². The van der Waals surface area contributed by atoms with Gasteiger partial charge in [-0.1, -0.05) is 38.5 Å². The van der Waals surface area contributed by atoms with E-state index in [9.17, 15) is 0 Å². The second-order valence-corrected chi connectivity index (χ2v) is 13.1. The third kappa shape index (κ3) is 6.09. The van der Waals surface area contributed by atoms with E-state index in [2.05, 4.69) is 43.8 Å². The number of nitrogens with two attached hydrogens (primary N) is 1. The van der Waals surface area contributed by atoms with Crippen LogP contribution >= 0.6 is 11.8 Å². The standard InChI is InChI=1S/C28H45NOS/c1-20-11-22-13-23(12-20)17-28(2,16-22)31-19-21-6-7-25-15-26(9-8-24(25)14-21)27(18-29)5-3-4-10-30/h8-9,15,20-23,27,30H,3-7,10-14,16-19,29H2,1-2H3/t20?,21-,22?,23?,27+,28?/m1/s1. The van der Waals surface area contributed by atoms with E-state index < -0.39 is 0 Å². The van der Waals surface area contributed by atoms with Crippen LogP contribution in [0.4, 0.5) is 0 Å². The second-order valence-electron chi connectivity index (χ2n) is 11.5. The van der Waals surface area contributed by atoms with Gasteiger partial charge in [-0.3, -0.25) is 0 Å². The minimum atomic E-state index is 0.292. The number of aliphatic hydroxyl groups excluding tert-OH is 1. The van der Waals surface area contributed by atoms with Gasteiger partial charge in [-0.15, -0.1) is 0 Å². The molecule has 3 aliphatic rings. The molecule has 4 atom stereocenters. The summed E-state index contributed by atoms with van der Waals surface area (Å²) < 4.78 is 0.529. The zero-order chi connectivity index (χ0) is 21.8. The van der Waals surface area contributed by atoms with Gasteiger partial charge in [0.1, 0.15) is 0 Å². The van der Waals surface area contributed by atoms with Crippen molar-refractivity contribution in [3.63, 3.8) is 0 Å². The first-order chi connectivity index (χ1) is 15.0. The lowest BCUT2D eigenvalue weighted by atomic mass is 9.65. The van der Waals surface area contributed by atoms with E-state index >= 15 is 0 Å². The van der Waals surface area contributed by atoms with E-state index in [0.29, 0.717) is 23.8 Å². The molecule has 3 N–H and O–H groups in total. The highest BCUT2D eigenvalue weighted by Gasteiger charge is 2.41. The van der Waals surface area contributed by atoms with Crippen LogP contribution in [0, 0.1) is 23.7 Å². The Kier molecular flexibility index (Phi) is 8.09. The normalized spacial score (nSPS) is 33.7. The number of hydrogen-bond donors (Lipinski definition) is 2. The molecule has 31 heavy (non-hydrogen) atoms. The fraction of sp³-hybridized carbons (Fsp3) is 0.786. The molecule has 1 aromatic rings. The van der Waals surface area contributed by atoms with Gasteiger partial charge in [-0.25, -0.2) is 0 Å². The molecule has 0 aliphatic heterocycles. The molecule has 0 aromatic heterocycles. The summed E-state index contributed by atoms with van der Waals surface area (Å²) in [5.74, 6) is 5.59. The molecule has 0 saturated heterocycles. The van der Waals surface area contributed by atoms with Crippen molar-refractivity contribution in [3.05, 3.63) is 34.9 Å². The number of unbranched alkanes of at least 4 members (excludes halogenated alkanes) is 1. The highest BCUT2D eigenvalue weighted by Crippen LogP contribution is 2.52. The Morgan fingerprint density at radius 2 is 1.90 bits per heavy atom. The maximum absolute atomic E-state index is 9.07. The summed E-state index contributed by atoms with van der Waals surface area (Å²) in [4.78, 5) is 0. The zero-order valence-electron chi connectivity index (χ0n) is 20.0. The molecule has 0 heterocycles. The van der Waals surface area contributed by atoms with E-state index in [1.165, 1.54) is 62.7 Å². The van der Waals surface area contributed by atoms with Gasteiger partial charge < -0.3 is 10.8 Å². The number of fused-ring (bicyclic) bond motifs is 3. The Hall–Kier alpha value is -0.510. The highest BCUT2D eigenvalue weighted by atomic mass is 32.2. The monoisotopic (exact) mass is 443 g/mol. The van der Waals surface area contributed by atoms with Gasteiger partial charge in [0.05, 0.1) is 0 Å². The number of aliphatic hydroxyl groups is 1. The van der Waals surface area contributed by atoms with Gasteiger partial charge in [0.25, 0.3) is 0 Å². The summed E-state index contributed by atoms with van der Waals surface area (Å²) in [7, 11) is 0. The summed E-state index contributed by atoms with van der Waals surface area (Å²) in [6.45, 7) is 6.06. The van der Waals surface area contributed by atoms with Gasteiger partial charge >= 0.3 is 0 Å². The van der Waals surface area contributed by atoms with Gasteiger partial charge in [0.15, 0.2) is 0 Å². The third-order valence-corrected chi connectivity index (χ3v) is 10.2. The smallest absolute Gasteiger partial charge is 0.0431 e. The van der Waals surface area contributed by atoms with Crippen molar-refractivity contribution in [2.45, 2.75) is 95.1 Å².